The predicted molar refractivity (Wildman–Crippen MR) is 64.3 cm³/mol. The molecule has 1 unspecified atom stereocenters. The molecule has 1 amide bonds. The highest BCUT2D eigenvalue weighted by atomic mass is 16.4. The Morgan fingerprint density at radius 3 is 2.61 bits per heavy atom. The lowest BCUT2D eigenvalue weighted by Gasteiger charge is -2.21. The number of β-amino-alcohol motifs (C(OH)–C–C–N with tert-alkyl or cyclic N) is 1. The number of carbonyl (C=O) groups is 2. The molecule has 1 aliphatic rings. The van der Waals surface area contributed by atoms with Crippen LogP contribution in [-0.2, 0) is 4.79 Å². The van der Waals surface area contributed by atoms with E-state index >= 15 is 0 Å². The van der Waals surface area contributed by atoms with E-state index in [1.54, 1.807) is 25.1 Å². The van der Waals surface area contributed by atoms with Gasteiger partial charge in [-0.15, -0.1) is 0 Å². The molecule has 0 aliphatic carbocycles. The van der Waals surface area contributed by atoms with E-state index in [1.807, 2.05) is 6.07 Å². The first-order valence-corrected chi connectivity index (χ1v) is 5.78. The van der Waals surface area contributed by atoms with Crippen molar-refractivity contribution in [2.45, 2.75) is 25.5 Å². The van der Waals surface area contributed by atoms with Crippen LogP contribution in [0.4, 0.5) is 0 Å². The van der Waals surface area contributed by atoms with Gasteiger partial charge in [0.15, 0.2) is 0 Å². The molecule has 0 bridgehead atoms. The minimum atomic E-state index is -1.08. The van der Waals surface area contributed by atoms with E-state index in [2.05, 4.69) is 0 Å². The molecule has 2 rings (SSSR count). The van der Waals surface area contributed by atoms with Gasteiger partial charge in [0.1, 0.15) is 6.04 Å². The van der Waals surface area contributed by atoms with Crippen LogP contribution in [0, 0.1) is 6.92 Å². The van der Waals surface area contributed by atoms with E-state index in [9.17, 15) is 14.7 Å². The number of aliphatic hydroxyl groups excluding tert-OH is 1. The highest BCUT2D eigenvalue weighted by molar-refractivity contribution is 5.98. The Bertz CT molecular complexity index is 486. The molecule has 96 valence electrons. The first kappa shape index (κ1) is 12.6. The molecule has 1 aromatic carbocycles. The SMILES string of the molecule is Cc1ccccc1C(=O)N1CC(O)C[C@H]1C(=O)O. The first-order chi connectivity index (χ1) is 8.50. The van der Waals surface area contributed by atoms with Crippen molar-refractivity contribution in [1.29, 1.82) is 0 Å². The van der Waals surface area contributed by atoms with Gasteiger partial charge in [0.25, 0.3) is 5.91 Å². The lowest BCUT2D eigenvalue weighted by atomic mass is 10.1. The number of carboxylic acid groups (broad SMARTS) is 1. The summed E-state index contributed by atoms with van der Waals surface area (Å²) in [6.07, 6.45) is -0.675. The van der Waals surface area contributed by atoms with Gasteiger partial charge < -0.3 is 15.1 Å². The molecule has 1 saturated heterocycles. The normalized spacial score (nSPS) is 23.1. The summed E-state index contributed by atoms with van der Waals surface area (Å²) in [5.41, 5.74) is 1.28. The van der Waals surface area contributed by atoms with Crippen molar-refractivity contribution in [2.24, 2.45) is 0 Å². The molecular weight excluding hydrogens is 234 g/mol. The minimum absolute atomic E-state index is 0.0735. The quantitative estimate of drug-likeness (QED) is 0.807. The van der Waals surface area contributed by atoms with Crippen LogP contribution in [0.1, 0.15) is 22.3 Å². The standard InChI is InChI=1S/C13H15NO4/c1-8-4-2-3-5-10(8)12(16)14-7-9(15)6-11(14)13(17)18/h2-5,9,11,15H,6-7H2,1H3,(H,17,18)/t9?,11-/m0/s1. The molecule has 1 aliphatic heterocycles. The van der Waals surface area contributed by atoms with Crippen LogP contribution in [0.15, 0.2) is 24.3 Å². The maximum Gasteiger partial charge on any atom is 0.326 e. The third kappa shape index (κ3) is 2.22. The number of nitrogens with zero attached hydrogens (tertiary/aromatic N) is 1. The predicted octanol–water partition coefficient (Wildman–Crippen LogP) is 0.655. The molecule has 0 radical (unpaired) electrons. The number of rotatable bonds is 2. The Kier molecular flexibility index (Phi) is 3.34. The van der Waals surface area contributed by atoms with Crippen LogP contribution in [0.3, 0.4) is 0 Å². The fourth-order valence-electron chi connectivity index (χ4n) is 2.24. The number of benzene rings is 1. The topological polar surface area (TPSA) is 77.8 Å². The highest BCUT2D eigenvalue weighted by Crippen LogP contribution is 2.22. The number of aliphatic carboxylic acids is 1. The summed E-state index contributed by atoms with van der Waals surface area (Å²) in [6.45, 7) is 1.87. The van der Waals surface area contributed by atoms with Crippen LogP contribution in [0.2, 0.25) is 0 Å². The number of hydrogen-bond acceptors (Lipinski definition) is 3. The highest BCUT2D eigenvalue weighted by Gasteiger charge is 2.39. The van der Waals surface area contributed by atoms with Gasteiger partial charge in [0.05, 0.1) is 6.10 Å². The van der Waals surface area contributed by atoms with Crippen molar-refractivity contribution in [3.63, 3.8) is 0 Å². The largest absolute Gasteiger partial charge is 0.480 e. The van der Waals surface area contributed by atoms with Gasteiger partial charge >= 0.3 is 5.97 Å². The molecule has 0 aromatic heterocycles. The fourth-order valence-corrected chi connectivity index (χ4v) is 2.24. The molecule has 2 N–H and O–H groups in total. The van der Waals surface area contributed by atoms with Gasteiger partial charge in [-0.2, -0.15) is 0 Å². The van der Waals surface area contributed by atoms with Crippen molar-refractivity contribution in [3.8, 4) is 0 Å². The zero-order valence-electron chi connectivity index (χ0n) is 10.0. The Labute approximate surface area is 105 Å². The van der Waals surface area contributed by atoms with E-state index in [1.165, 1.54) is 4.90 Å². The number of hydrogen-bond donors (Lipinski definition) is 2. The van der Waals surface area contributed by atoms with Crippen molar-refractivity contribution >= 4 is 11.9 Å². The Morgan fingerprint density at radius 2 is 2.00 bits per heavy atom. The maximum absolute atomic E-state index is 12.3. The second-order valence-electron chi connectivity index (χ2n) is 4.52. The summed E-state index contributed by atoms with van der Waals surface area (Å²) in [5, 5.41) is 18.6. The summed E-state index contributed by atoms with van der Waals surface area (Å²) < 4.78 is 0. The summed E-state index contributed by atoms with van der Waals surface area (Å²) in [4.78, 5) is 24.6. The van der Waals surface area contributed by atoms with Gasteiger partial charge in [0.2, 0.25) is 0 Å². The van der Waals surface area contributed by atoms with Crippen molar-refractivity contribution in [2.75, 3.05) is 6.54 Å². The Balaban J connectivity index is 2.28. The zero-order valence-corrected chi connectivity index (χ0v) is 10.0. The van der Waals surface area contributed by atoms with E-state index in [0.29, 0.717) is 5.56 Å². The number of carboxylic acids is 1. The van der Waals surface area contributed by atoms with Crippen LogP contribution in [0.25, 0.3) is 0 Å². The van der Waals surface area contributed by atoms with Crippen LogP contribution >= 0.6 is 0 Å². The molecule has 2 atom stereocenters. The van der Waals surface area contributed by atoms with Crippen molar-refractivity contribution in [1.82, 2.24) is 4.90 Å². The molecular formula is C13H15NO4. The third-order valence-electron chi connectivity index (χ3n) is 3.20. The first-order valence-electron chi connectivity index (χ1n) is 5.78. The van der Waals surface area contributed by atoms with E-state index < -0.39 is 18.1 Å². The van der Waals surface area contributed by atoms with Gasteiger partial charge in [-0.25, -0.2) is 4.79 Å². The lowest BCUT2D eigenvalue weighted by Crippen LogP contribution is -2.40. The lowest BCUT2D eigenvalue weighted by molar-refractivity contribution is -0.141. The third-order valence-corrected chi connectivity index (χ3v) is 3.20. The number of aryl methyl sites for hydroxylation is 1. The summed E-state index contributed by atoms with van der Waals surface area (Å²) in [7, 11) is 0. The van der Waals surface area contributed by atoms with Crippen LogP contribution < -0.4 is 0 Å². The number of aliphatic hydroxyl groups is 1. The summed E-state index contributed by atoms with van der Waals surface area (Å²) >= 11 is 0. The molecule has 0 saturated carbocycles. The molecule has 5 nitrogen and oxygen atoms in total. The monoisotopic (exact) mass is 249 g/mol. The molecule has 0 spiro atoms. The van der Waals surface area contributed by atoms with E-state index in [-0.39, 0.29) is 18.9 Å². The average Bonchev–Trinajstić information content (AvgIpc) is 2.71. The minimum Gasteiger partial charge on any atom is -0.480 e. The Morgan fingerprint density at radius 1 is 1.33 bits per heavy atom. The molecule has 18 heavy (non-hydrogen) atoms. The van der Waals surface area contributed by atoms with Crippen molar-refractivity contribution < 1.29 is 19.8 Å². The van der Waals surface area contributed by atoms with Gasteiger partial charge in [-0.05, 0) is 18.6 Å². The van der Waals surface area contributed by atoms with Gasteiger partial charge in [-0.1, -0.05) is 18.2 Å². The second kappa shape index (κ2) is 4.78. The molecule has 5 heteroatoms. The van der Waals surface area contributed by atoms with Crippen LogP contribution in [-0.4, -0.2) is 45.7 Å². The number of likely N-dealkylation sites (tertiary alicyclic amines) is 1. The number of carbonyl (C=O) groups excluding carboxylic acids is 1. The Hall–Kier alpha value is -1.88. The maximum atomic E-state index is 12.3. The van der Waals surface area contributed by atoms with Crippen LogP contribution in [0.5, 0.6) is 0 Å². The zero-order chi connectivity index (χ0) is 13.3. The second-order valence-corrected chi connectivity index (χ2v) is 4.52. The molecule has 1 aromatic rings. The van der Waals surface area contributed by atoms with Gasteiger partial charge in [-0.3, -0.25) is 4.79 Å². The van der Waals surface area contributed by atoms with E-state index in [4.69, 9.17) is 5.11 Å². The summed E-state index contributed by atoms with van der Waals surface area (Å²) in [6, 6.07) is 6.09. The number of amides is 1. The van der Waals surface area contributed by atoms with E-state index in [0.717, 1.165) is 5.56 Å². The molecule has 1 heterocycles. The fraction of sp³-hybridized carbons (Fsp3) is 0.385. The summed E-state index contributed by atoms with van der Waals surface area (Å²) in [5.74, 6) is -1.41. The van der Waals surface area contributed by atoms with Crippen molar-refractivity contribution in [3.05, 3.63) is 35.4 Å². The smallest absolute Gasteiger partial charge is 0.326 e. The van der Waals surface area contributed by atoms with Gasteiger partial charge in [0, 0.05) is 18.5 Å². The molecule has 1 fully saturated rings. The average molecular weight is 249 g/mol.